The van der Waals surface area contributed by atoms with Crippen LogP contribution in [0.15, 0.2) is 42.6 Å². The van der Waals surface area contributed by atoms with Gasteiger partial charge in [0, 0.05) is 5.39 Å². The van der Waals surface area contributed by atoms with E-state index < -0.39 is 0 Å². The highest BCUT2D eigenvalue weighted by Gasteiger charge is 2.24. The van der Waals surface area contributed by atoms with E-state index in [1.807, 2.05) is 12.1 Å². The van der Waals surface area contributed by atoms with Crippen molar-refractivity contribution in [2.75, 3.05) is 13.6 Å². The van der Waals surface area contributed by atoms with E-state index in [-0.39, 0.29) is 19.1 Å². The standard InChI is InChI=1S/C20H14NO4.H2O/c1-21-8-15-12(4-5-16-20(15)25-10-22-16)13-3-2-11-6-17-18(24-9-23-17)7-14(11)19(13)21;/h2-8H,9-10H2,1H3;1H2/q+1;. The Morgan fingerprint density at radius 3 is 2.35 bits per heavy atom. The van der Waals surface area contributed by atoms with Crippen molar-refractivity contribution >= 4 is 32.4 Å². The summed E-state index contributed by atoms with van der Waals surface area (Å²) in [6.07, 6.45) is 2.11. The Hall–Kier alpha value is -3.25. The molecular formula is C20H16NO5+. The second-order valence-corrected chi connectivity index (χ2v) is 6.39. The number of hydrogen-bond donors (Lipinski definition) is 0. The molecule has 2 N–H and O–H groups in total. The fourth-order valence-corrected chi connectivity index (χ4v) is 3.91. The second kappa shape index (κ2) is 5.12. The molecule has 2 aliphatic heterocycles. The number of fused-ring (bicyclic) bond motifs is 8. The van der Waals surface area contributed by atoms with Crippen molar-refractivity contribution in [2.45, 2.75) is 0 Å². The number of hydrogen-bond acceptors (Lipinski definition) is 4. The first-order chi connectivity index (χ1) is 12.3. The van der Waals surface area contributed by atoms with Gasteiger partial charge in [0.1, 0.15) is 7.05 Å². The van der Waals surface area contributed by atoms with Crippen molar-refractivity contribution in [1.82, 2.24) is 0 Å². The van der Waals surface area contributed by atoms with E-state index >= 15 is 0 Å². The molecule has 26 heavy (non-hydrogen) atoms. The maximum atomic E-state index is 5.69. The molecule has 0 saturated carbocycles. The Kier molecular flexibility index (Phi) is 2.96. The molecule has 0 amide bonds. The maximum Gasteiger partial charge on any atom is 0.231 e. The molecule has 0 saturated heterocycles. The minimum Gasteiger partial charge on any atom is -0.454 e. The quantitative estimate of drug-likeness (QED) is 0.361. The van der Waals surface area contributed by atoms with Gasteiger partial charge in [0.15, 0.2) is 29.2 Å². The van der Waals surface area contributed by atoms with Gasteiger partial charge in [-0.15, -0.1) is 0 Å². The van der Waals surface area contributed by atoms with Gasteiger partial charge in [-0.3, -0.25) is 0 Å². The van der Waals surface area contributed by atoms with Crippen molar-refractivity contribution in [2.24, 2.45) is 7.05 Å². The van der Waals surface area contributed by atoms with Crippen LogP contribution in [0.5, 0.6) is 23.0 Å². The monoisotopic (exact) mass is 350 g/mol. The van der Waals surface area contributed by atoms with Crippen molar-refractivity contribution in [3.63, 3.8) is 0 Å². The minimum absolute atomic E-state index is 0. The number of rotatable bonds is 0. The van der Waals surface area contributed by atoms with E-state index in [1.165, 1.54) is 5.39 Å². The van der Waals surface area contributed by atoms with Crippen LogP contribution in [-0.2, 0) is 7.05 Å². The number of nitrogens with zero attached hydrogens (tertiary/aromatic N) is 1. The van der Waals surface area contributed by atoms with E-state index in [2.05, 4.69) is 42.1 Å². The topological polar surface area (TPSA) is 72.3 Å². The third-order valence-electron chi connectivity index (χ3n) is 5.03. The highest BCUT2D eigenvalue weighted by atomic mass is 16.7. The lowest BCUT2D eigenvalue weighted by molar-refractivity contribution is -0.642. The van der Waals surface area contributed by atoms with Crippen LogP contribution >= 0.6 is 0 Å². The molecule has 0 unspecified atom stereocenters. The second-order valence-electron chi connectivity index (χ2n) is 6.39. The summed E-state index contributed by atoms with van der Waals surface area (Å²) < 4.78 is 24.4. The van der Waals surface area contributed by atoms with Crippen LogP contribution in [0, 0.1) is 0 Å². The molecule has 4 aromatic rings. The Labute approximate surface area is 148 Å². The molecule has 1 aromatic heterocycles. The van der Waals surface area contributed by atoms with Crippen molar-refractivity contribution in [1.29, 1.82) is 0 Å². The van der Waals surface area contributed by atoms with Gasteiger partial charge in [-0.25, -0.2) is 0 Å². The summed E-state index contributed by atoms with van der Waals surface area (Å²) in [5, 5.41) is 5.66. The Morgan fingerprint density at radius 2 is 1.46 bits per heavy atom. The predicted octanol–water partition coefficient (Wildman–Crippen LogP) is 2.60. The van der Waals surface area contributed by atoms with Gasteiger partial charge in [-0.1, -0.05) is 6.07 Å². The highest BCUT2D eigenvalue weighted by Crippen LogP contribution is 2.42. The van der Waals surface area contributed by atoms with Crippen LogP contribution in [0.25, 0.3) is 32.4 Å². The lowest BCUT2D eigenvalue weighted by Crippen LogP contribution is -2.28. The zero-order chi connectivity index (χ0) is 16.5. The summed E-state index contributed by atoms with van der Waals surface area (Å²) in [6.45, 7) is 0.555. The molecule has 3 aromatic carbocycles. The van der Waals surface area contributed by atoms with Gasteiger partial charge in [0.05, 0.1) is 16.2 Å². The largest absolute Gasteiger partial charge is 0.454 e. The normalized spacial score (nSPS) is 14.2. The van der Waals surface area contributed by atoms with Gasteiger partial charge in [-0.2, -0.15) is 4.57 Å². The maximum absolute atomic E-state index is 5.69. The van der Waals surface area contributed by atoms with Crippen LogP contribution in [-0.4, -0.2) is 19.1 Å². The van der Waals surface area contributed by atoms with Crippen LogP contribution < -0.4 is 23.5 Å². The van der Waals surface area contributed by atoms with E-state index in [0.29, 0.717) is 0 Å². The molecule has 0 atom stereocenters. The Morgan fingerprint density at radius 1 is 0.731 bits per heavy atom. The molecule has 0 aliphatic carbocycles. The summed E-state index contributed by atoms with van der Waals surface area (Å²) in [6, 6.07) is 12.5. The van der Waals surface area contributed by atoms with E-state index in [9.17, 15) is 0 Å². The summed E-state index contributed by atoms with van der Waals surface area (Å²) >= 11 is 0. The first-order valence-electron chi connectivity index (χ1n) is 8.16. The van der Waals surface area contributed by atoms with Crippen molar-refractivity contribution < 1.29 is 29.0 Å². The third-order valence-corrected chi connectivity index (χ3v) is 5.03. The van der Waals surface area contributed by atoms with Crippen molar-refractivity contribution in [3.05, 3.63) is 42.6 Å². The van der Waals surface area contributed by atoms with Crippen LogP contribution in [0.4, 0.5) is 0 Å². The fourth-order valence-electron chi connectivity index (χ4n) is 3.91. The molecule has 3 heterocycles. The number of ether oxygens (including phenoxy) is 4. The molecule has 0 bridgehead atoms. The molecule has 0 radical (unpaired) electrons. The van der Waals surface area contributed by atoms with Gasteiger partial charge in [0.25, 0.3) is 0 Å². The van der Waals surface area contributed by atoms with Gasteiger partial charge in [-0.05, 0) is 35.7 Å². The molecular weight excluding hydrogens is 334 g/mol. The number of aromatic nitrogens is 1. The molecule has 0 fully saturated rings. The Bertz CT molecular complexity index is 1220. The molecule has 6 rings (SSSR count). The van der Waals surface area contributed by atoms with E-state index in [4.69, 9.17) is 18.9 Å². The summed E-state index contributed by atoms with van der Waals surface area (Å²) in [7, 11) is 2.06. The van der Waals surface area contributed by atoms with Gasteiger partial charge >= 0.3 is 0 Å². The van der Waals surface area contributed by atoms with Crippen LogP contribution in [0.2, 0.25) is 0 Å². The molecule has 6 nitrogen and oxygen atoms in total. The number of benzene rings is 3. The number of aryl methyl sites for hydroxylation is 1. The van der Waals surface area contributed by atoms with Crippen LogP contribution in [0.1, 0.15) is 0 Å². The lowest BCUT2D eigenvalue weighted by Gasteiger charge is -2.08. The average Bonchev–Trinajstić information content (AvgIpc) is 3.28. The molecule has 6 heteroatoms. The van der Waals surface area contributed by atoms with Gasteiger partial charge < -0.3 is 24.4 Å². The summed E-state index contributed by atoms with van der Waals surface area (Å²) in [5.41, 5.74) is 1.15. The highest BCUT2D eigenvalue weighted by molar-refractivity contribution is 6.15. The molecule has 130 valence electrons. The molecule has 0 spiro atoms. The summed E-state index contributed by atoms with van der Waals surface area (Å²) in [5.74, 6) is 3.22. The predicted molar refractivity (Wildman–Crippen MR) is 96.0 cm³/mol. The first kappa shape index (κ1) is 15.0. The third kappa shape index (κ3) is 1.82. The number of pyridine rings is 1. The first-order valence-corrected chi connectivity index (χ1v) is 8.16. The van der Waals surface area contributed by atoms with Crippen molar-refractivity contribution in [3.8, 4) is 23.0 Å². The van der Waals surface area contributed by atoms with E-state index in [0.717, 1.165) is 50.1 Å². The zero-order valence-electron chi connectivity index (χ0n) is 14.0. The van der Waals surface area contributed by atoms with E-state index in [1.54, 1.807) is 0 Å². The lowest BCUT2D eigenvalue weighted by atomic mass is 10.00. The Balaban J connectivity index is 0.00000150. The zero-order valence-corrected chi connectivity index (χ0v) is 14.0. The molecule has 2 aliphatic rings. The SMILES string of the molecule is C[n+]1cc2c3c(ccc2c2ccc4cc5c(cc4c21)OCO5)OCO3.O. The summed E-state index contributed by atoms with van der Waals surface area (Å²) in [4.78, 5) is 0. The fraction of sp³-hybridized carbons (Fsp3) is 0.150. The smallest absolute Gasteiger partial charge is 0.231 e. The van der Waals surface area contributed by atoms with Crippen LogP contribution in [0.3, 0.4) is 0 Å². The van der Waals surface area contributed by atoms with Gasteiger partial charge in [0.2, 0.25) is 19.1 Å². The minimum atomic E-state index is 0. The average molecular weight is 350 g/mol.